The van der Waals surface area contributed by atoms with E-state index in [0.29, 0.717) is 5.56 Å². The van der Waals surface area contributed by atoms with Crippen LogP contribution in [-0.2, 0) is 0 Å². The van der Waals surface area contributed by atoms with Gasteiger partial charge in [-0.15, -0.1) is 0 Å². The van der Waals surface area contributed by atoms with E-state index in [4.69, 9.17) is 5.73 Å². The van der Waals surface area contributed by atoms with Gasteiger partial charge in [0.1, 0.15) is 5.69 Å². The normalized spacial score (nSPS) is 10.6. The third-order valence-electron chi connectivity index (χ3n) is 2.31. The third-order valence-corrected chi connectivity index (χ3v) is 2.31. The molecule has 5 heteroatoms. The van der Waals surface area contributed by atoms with Gasteiger partial charge in [0.15, 0.2) is 0 Å². The van der Waals surface area contributed by atoms with E-state index in [2.05, 4.69) is 16.8 Å². The van der Waals surface area contributed by atoms with Crippen molar-refractivity contribution in [2.45, 2.75) is 19.4 Å². The molecule has 3 N–H and O–H groups in total. The van der Waals surface area contributed by atoms with Crippen molar-refractivity contribution in [3.05, 3.63) is 29.6 Å². The average molecular weight is 261 g/mol. The van der Waals surface area contributed by atoms with E-state index in [9.17, 15) is 9.90 Å². The number of amides is 1. The molecule has 0 spiro atoms. The van der Waals surface area contributed by atoms with Crippen LogP contribution in [0, 0.1) is 11.8 Å². The van der Waals surface area contributed by atoms with Crippen molar-refractivity contribution in [2.75, 3.05) is 20.1 Å². The fraction of sp³-hybridized carbons (Fsp3) is 0.429. The third kappa shape index (κ3) is 4.70. The summed E-state index contributed by atoms with van der Waals surface area (Å²) in [5.74, 6) is 5.25. The summed E-state index contributed by atoms with van der Waals surface area (Å²) >= 11 is 0. The number of likely N-dealkylation sites (N-methyl/N-ethyl adjacent to an activating group) is 1. The highest BCUT2D eigenvalue weighted by Crippen LogP contribution is 2.10. The van der Waals surface area contributed by atoms with E-state index >= 15 is 0 Å². The molecular formula is C14H19N3O2. The Kier molecular flexibility index (Phi) is 5.04. The molecule has 0 aliphatic heterocycles. The number of carbonyl (C=O) groups excluding carboxylic acids is 1. The largest absolute Gasteiger partial charge is 0.389 e. The lowest BCUT2D eigenvalue weighted by Crippen LogP contribution is -2.40. The van der Waals surface area contributed by atoms with Gasteiger partial charge in [-0.1, -0.05) is 11.8 Å². The maximum absolute atomic E-state index is 12.3. The Morgan fingerprint density at radius 2 is 2.26 bits per heavy atom. The fourth-order valence-electron chi connectivity index (χ4n) is 1.66. The van der Waals surface area contributed by atoms with Crippen molar-refractivity contribution in [3.63, 3.8) is 0 Å². The number of nitrogens with two attached hydrogens (primary N) is 1. The topological polar surface area (TPSA) is 79.5 Å². The van der Waals surface area contributed by atoms with Crippen LogP contribution in [0.5, 0.6) is 0 Å². The Hall–Kier alpha value is -1.90. The molecule has 0 aromatic carbocycles. The van der Waals surface area contributed by atoms with Gasteiger partial charge >= 0.3 is 0 Å². The van der Waals surface area contributed by atoms with Crippen molar-refractivity contribution in [1.82, 2.24) is 9.88 Å². The number of carbonyl (C=O) groups is 1. The predicted octanol–water partition coefficient (Wildman–Crippen LogP) is 0.235. The van der Waals surface area contributed by atoms with Crippen molar-refractivity contribution in [1.29, 1.82) is 0 Å². The minimum absolute atomic E-state index is 0.214. The van der Waals surface area contributed by atoms with Gasteiger partial charge in [0.05, 0.1) is 17.7 Å². The van der Waals surface area contributed by atoms with Crippen molar-refractivity contribution >= 4 is 5.91 Å². The molecule has 0 saturated carbocycles. The van der Waals surface area contributed by atoms with E-state index in [-0.39, 0.29) is 24.7 Å². The van der Waals surface area contributed by atoms with E-state index in [1.165, 1.54) is 4.90 Å². The molecule has 19 heavy (non-hydrogen) atoms. The Labute approximate surface area is 113 Å². The average Bonchev–Trinajstić information content (AvgIpc) is 2.33. The molecule has 0 saturated heterocycles. The number of rotatable bonds is 3. The molecule has 1 amide bonds. The fourth-order valence-corrected chi connectivity index (χ4v) is 1.66. The van der Waals surface area contributed by atoms with Gasteiger partial charge in [-0.2, -0.15) is 0 Å². The summed E-state index contributed by atoms with van der Waals surface area (Å²) in [7, 11) is 1.62. The number of hydrogen-bond acceptors (Lipinski definition) is 4. The summed E-state index contributed by atoms with van der Waals surface area (Å²) in [5, 5.41) is 9.74. The lowest BCUT2D eigenvalue weighted by Gasteiger charge is -2.25. The molecule has 0 atom stereocenters. The molecule has 0 unspecified atom stereocenters. The van der Waals surface area contributed by atoms with Crippen LogP contribution in [0.3, 0.4) is 0 Å². The number of hydrogen-bond donors (Lipinski definition) is 2. The summed E-state index contributed by atoms with van der Waals surface area (Å²) in [5.41, 5.74) is 5.18. The van der Waals surface area contributed by atoms with Crippen LogP contribution in [0.2, 0.25) is 0 Å². The number of nitrogens with zero attached hydrogens (tertiary/aromatic N) is 2. The standard InChI is InChI=1S/C14H19N3O2/c1-14(2,19)10-17(3)13(18)12-11(6-4-8-15)7-5-9-16-12/h5,7,9,19H,8,10,15H2,1-3H3. The summed E-state index contributed by atoms with van der Waals surface area (Å²) < 4.78 is 0. The lowest BCUT2D eigenvalue weighted by atomic mass is 10.1. The summed E-state index contributed by atoms with van der Waals surface area (Å²) in [6.07, 6.45) is 1.54. The number of pyridine rings is 1. The second kappa shape index (κ2) is 6.32. The van der Waals surface area contributed by atoms with Crippen LogP contribution in [0.1, 0.15) is 29.9 Å². The molecule has 1 aromatic rings. The van der Waals surface area contributed by atoms with Crippen molar-refractivity contribution < 1.29 is 9.90 Å². The Morgan fingerprint density at radius 1 is 1.58 bits per heavy atom. The maximum atomic E-state index is 12.3. The Morgan fingerprint density at radius 3 is 2.84 bits per heavy atom. The molecular weight excluding hydrogens is 242 g/mol. The van der Waals surface area contributed by atoms with Crippen LogP contribution in [-0.4, -0.2) is 46.6 Å². The first-order valence-corrected chi connectivity index (χ1v) is 5.97. The Bertz CT molecular complexity index is 509. The number of aromatic nitrogens is 1. The minimum Gasteiger partial charge on any atom is -0.389 e. The van der Waals surface area contributed by atoms with Crippen LogP contribution >= 0.6 is 0 Å². The van der Waals surface area contributed by atoms with Crippen LogP contribution in [0.25, 0.3) is 0 Å². The molecule has 0 aliphatic rings. The molecule has 102 valence electrons. The van der Waals surface area contributed by atoms with Gasteiger partial charge in [-0.25, -0.2) is 4.98 Å². The second-order valence-corrected chi connectivity index (χ2v) is 4.88. The van der Waals surface area contributed by atoms with Gasteiger partial charge in [0.2, 0.25) is 0 Å². The van der Waals surface area contributed by atoms with E-state index in [0.717, 1.165) is 0 Å². The molecule has 1 heterocycles. The minimum atomic E-state index is -0.956. The van der Waals surface area contributed by atoms with Crippen LogP contribution in [0.4, 0.5) is 0 Å². The van der Waals surface area contributed by atoms with E-state index < -0.39 is 5.60 Å². The predicted molar refractivity (Wildman–Crippen MR) is 73.4 cm³/mol. The monoisotopic (exact) mass is 261 g/mol. The maximum Gasteiger partial charge on any atom is 0.273 e. The van der Waals surface area contributed by atoms with Gasteiger partial charge in [-0.3, -0.25) is 4.79 Å². The molecule has 5 nitrogen and oxygen atoms in total. The molecule has 0 fully saturated rings. The van der Waals surface area contributed by atoms with Gasteiger partial charge in [-0.05, 0) is 26.0 Å². The second-order valence-electron chi connectivity index (χ2n) is 4.88. The van der Waals surface area contributed by atoms with E-state index in [1.807, 2.05) is 0 Å². The highest BCUT2D eigenvalue weighted by molar-refractivity contribution is 5.94. The molecule has 1 rings (SSSR count). The van der Waals surface area contributed by atoms with Gasteiger partial charge < -0.3 is 15.7 Å². The molecule has 0 bridgehead atoms. The van der Waals surface area contributed by atoms with Crippen molar-refractivity contribution in [3.8, 4) is 11.8 Å². The van der Waals surface area contributed by atoms with Crippen LogP contribution in [0.15, 0.2) is 18.3 Å². The Balaban J connectivity index is 2.99. The zero-order valence-electron chi connectivity index (χ0n) is 11.5. The first-order chi connectivity index (χ1) is 8.85. The zero-order chi connectivity index (χ0) is 14.5. The summed E-state index contributed by atoms with van der Waals surface area (Å²) in [6.45, 7) is 3.73. The highest BCUT2D eigenvalue weighted by atomic mass is 16.3. The zero-order valence-corrected chi connectivity index (χ0v) is 11.5. The van der Waals surface area contributed by atoms with Gasteiger partial charge in [0.25, 0.3) is 5.91 Å². The van der Waals surface area contributed by atoms with E-state index in [1.54, 1.807) is 39.2 Å². The van der Waals surface area contributed by atoms with Crippen molar-refractivity contribution in [2.24, 2.45) is 5.73 Å². The molecule has 0 radical (unpaired) electrons. The van der Waals surface area contributed by atoms with Crippen LogP contribution < -0.4 is 5.73 Å². The lowest BCUT2D eigenvalue weighted by molar-refractivity contribution is 0.0364. The SMILES string of the molecule is CN(CC(C)(C)O)C(=O)c1ncccc1C#CCN. The quantitative estimate of drug-likeness (QED) is 0.764. The first-order valence-electron chi connectivity index (χ1n) is 5.97. The number of aliphatic hydroxyl groups is 1. The molecule has 1 aromatic heterocycles. The molecule has 0 aliphatic carbocycles. The smallest absolute Gasteiger partial charge is 0.273 e. The highest BCUT2D eigenvalue weighted by Gasteiger charge is 2.22. The summed E-state index contributed by atoms with van der Waals surface area (Å²) in [4.78, 5) is 17.8. The first kappa shape index (κ1) is 15.2. The van der Waals surface area contributed by atoms with Gasteiger partial charge in [0, 0.05) is 19.8 Å². The summed E-state index contributed by atoms with van der Waals surface area (Å²) in [6, 6.07) is 3.44.